The molecule has 92 valence electrons. The summed E-state index contributed by atoms with van der Waals surface area (Å²) in [5.41, 5.74) is 0.240. The van der Waals surface area contributed by atoms with Crippen molar-refractivity contribution in [2.24, 2.45) is 5.41 Å². The predicted octanol–water partition coefficient (Wildman–Crippen LogP) is 3.32. The average molecular weight is 250 g/mol. The second-order valence-corrected chi connectivity index (χ2v) is 6.07. The molecule has 0 bridgehead atoms. The molecule has 1 aromatic carbocycles. The first kappa shape index (κ1) is 11.6. The zero-order chi connectivity index (χ0) is 11.8. The van der Waals surface area contributed by atoms with E-state index in [4.69, 9.17) is 9.47 Å². The maximum Gasteiger partial charge on any atom is 0.172 e. The molecule has 1 heterocycles. The molecule has 3 heteroatoms. The van der Waals surface area contributed by atoms with E-state index in [1.54, 1.807) is 0 Å². The Morgan fingerprint density at radius 3 is 2.35 bits per heavy atom. The Morgan fingerprint density at radius 1 is 1.12 bits per heavy atom. The highest BCUT2D eigenvalue weighted by atomic mass is 32.2. The molecule has 2 fully saturated rings. The van der Waals surface area contributed by atoms with Crippen molar-refractivity contribution < 1.29 is 9.47 Å². The molecule has 0 radical (unpaired) electrons. The highest BCUT2D eigenvalue weighted by molar-refractivity contribution is 7.99. The molecule has 0 atom stereocenters. The molecule has 0 N–H and O–H groups in total. The zero-order valence-electron chi connectivity index (χ0n) is 10.1. The van der Waals surface area contributed by atoms with E-state index in [2.05, 4.69) is 37.3 Å². The summed E-state index contributed by atoms with van der Waals surface area (Å²) in [7, 11) is 0. The molecule has 3 rings (SSSR count). The van der Waals surface area contributed by atoms with Gasteiger partial charge in [-0.2, -0.15) is 0 Å². The SMILES string of the molecule is CC1(C2(CSc3ccccc3)CC2)OCCO1. The summed E-state index contributed by atoms with van der Waals surface area (Å²) in [6.45, 7) is 3.60. The molecular weight excluding hydrogens is 232 g/mol. The summed E-state index contributed by atoms with van der Waals surface area (Å²) in [5.74, 6) is 0.752. The molecule has 1 aliphatic carbocycles. The fourth-order valence-electron chi connectivity index (χ4n) is 2.44. The van der Waals surface area contributed by atoms with Gasteiger partial charge in [0.2, 0.25) is 0 Å². The lowest BCUT2D eigenvalue weighted by molar-refractivity contribution is -0.185. The minimum Gasteiger partial charge on any atom is -0.347 e. The first-order chi connectivity index (χ1) is 8.24. The van der Waals surface area contributed by atoms with Gasteiger partial charge in [0.1, 0.15) is 0 Å². The molecule has 1 saturated carbocycles. The highest BCUT2D eigenvalue weighted by Gasteiger charge is 2.60. The van der Waals surface area contributed by atoms with Gasteiger partial charge in [-0.3, -0.25) is 0 Å². The lowest BCUT2D eigenvalue weighted by atomic mass is 9.99. The van der Waals surface area contributed by atoms with Gasteiger partial charge in [0.15, 0.2) is 5.79 Å². The molecule has 2 aliphatic rings. The molecule has 1 aliphatic heterocycles. The molecule has 1 saturated heterocycles. The van der Waals surface area contributed by atoms with E-state index in [0.29, 0.717) is 0 Å². The van der Waals surface area contributed by atoms with Crippen LogP contribution in [0.1, 0.15) is 19.8 Å². The Morgan fingerprint density at radius 2 is 1.76 bits per heavy atom. The lowest BCUT2D eigenvalue weighted by Gasteiger charge is -2.32. The molecule has 0 unspecified atom stereocenters. The molecule has 0 spiro atoms. The van der Waals surface area contributed by atoms with Gasteiger partial charge in [0.05, 0.1) is 13.2 Å². The van der Waals surface area contributed by atoms with Gasteiger partial charge in [-0.25, -0.2) is 0 Å². The van der Waals surface area contributed by atoms with E-state index in [1.165, 1.54) is 17.7 Å². The van der Waals surface area contributed by atoms with Gasteiger partial charge in [0, 0.05) is 16.1 Å². The predicted molar refractivity (Wildman–Crippen MR) is 69.1 cm³/mol. The molecule has 0 amide bonds. The van der Waals surface area contributed by atoms with Crippen LogP contribution in [0.4, 0.5) is 0 Å². The van der Waals surface area contributed by atoms with E-state index in [1.807, 2.05) is 11.8 Å². The van der Waals surface area contributed by atoms with Gasteiger partial charge < -0.3 is 9.47 Å². The Hall–Kier alpha value is -0.510. The quantitative estimate of drug-likeness (QED) is 0.764. The van der Waals surface area contributed by atoms with E-state index < -0.39 is 0 Å². The van der Waals surface area contributed by atoms with Crippen LogP contribution >= 0.6 is 11.8 Å². The second kappa shape index (κ2) is 4.30. The third kappa shape index (κ3) is 2.12. The van der Waals surface area contributed by atoms with E-state index >= 15 is 0 Å². The van der Waals surface area contributed by atoms with Crippen molar-refractivity contribution in [3.63, 3.8) is 0 Å². The summed E-state index contributed by atoms with van der Waals surface area (Å²) >= 11 is 1.92. The summed E-state index contributed by atoms with van der Waals surface area (Å²) in [6.07, 6.45) is 2.45. The fourth-order valence-corrected chi connectivity index (χ4v) is 3.78. The number of benzene rings is 1. The first-order valence-electron chi connectivity index (χ1n) is 6.20. The number of hydrogen-bond donors (Lipinski definition) is 0. The Kier molecular flexibility index (Phi) is 2.93. The van der Waals surface area contributed by atoms with Gasteiger partial charge >= 0.3 is 0 Å². The topological polar surface area (TPSA) is 18.5 Å². The van der Waals surface area contributed by atoms with Gasteiger partial charge in [-0.05, 0) is 31.9 Å². The minimum absolute atomic E-state index is 0.240. The van der Waals surface area contributed by atoms with Crippen LogP contribution < -0.4 is 0 Å². The number of ether oxygens (including phenoxy) is 2. The number of rotatable bonds is 4. The zero-order valence-corrected chi connectivity index (χ0v) is 11.0. The van der Waals surface area contributed by atoms with E-state index in [0.717, 1.165) is 19.0 Å². The van der Waals surface area contributed by atoms with Crippen molar-refractivity contribution in [2.75, 3.05) is 19.0 Å². The fraction of sp³-hybridized carbons (Fsp3) is 0.571. The van der Waals surface area contributed by atoms with Crippen molar-refractivity contribution in [2.45, 2.75) is 30.4 Å². The van der Waals surface area contributed by atoms with Crippen molar-refractivity contribution >= 4 is 11.8 Å². The van der Waals surface area contributed by atoms with Gasteiger partial charge in [-0.15, -0.1) is 11.8 Å². The van der Waals surface area contributed by atoms with Crippen molar-refractivity contribution in [3.05, 3.63) is 30.3 Å². The van der Waals surface area contributed by atoms with Crippen molar-refractivity contribution in [3.8, 4) is 0 Å². The van der Waals surface area contributed by atoms with Gasteiger partial charge in [0.25, 0.3) is 0 Å². The summed E-state index contributed by atoms with van der Waals surface area (Å²) in [5, 5.41) is 0. The molecule has 2 nitrogen and oxygen atoms in total. The highest BCUT2D eigenvalue weighted by Crippen LogP contribution is 2.59. The molecule has 0 aromatic heterocycles. The van der Waals surface area contributed by atoms with Crippen LogP contribution in [0.3, 0.4) is 0 Å². The second-order valence-electron chi connectivity index (χ2n) is 5.02. The summed E-state index contributed by atoms with van der Waals surface area (Å²) in [6, 6.07) is 10.6. The Bertz CT molecular complexity index is 380. The van der Waals surface area contributed by atoms with E-state index in [9.17, 15) is 0 Å². The monoisotopic (exact) mass is 250 g/mol. The van der Waals surface area contributed by atoms with Crippen molar-refractivity contribution in [1.82, 2.24) is 0 Å². The van der Waals surface area contributed by atoms with Crippen LogP contribution in [0.5, 0.6) is 0 Å². The van der Waals surface area contributed by atoms with Crippen LogP contribution in [0.25, 0.3) is 0 Å². The number of hydrogen-bond acceptors (Lipinski definition) is 3. The summed E-state index contributed by atoms with van der Waals surface area (Å²) in [4.78, 5) is 1.33. The van der Waals surface area contributed by atoms with Crippen LogP contribution in [-0.2, 0) is 9.47 Å². The van der Waals surface area contributed by atoms with Gasteiger partial charge in [-0.1, -0.05) is 18.2 Å². The smallest absolute Gasteiger partial charge is 0.172 e. The largest absolute Gasteiger partial charge is 0.347 e. The molecule has 17 heavy (non-hydrogen) atoms. The first-order valence-corrected chi connectivity index (χ1v) is 7.19. The van der Waals surface area contributed by atoms with E-state index in [-0.39, 0.29) is 11.2 Å². The summed E-state index contributed by atoms with van der Waals surface area (Å²) < 4.78 is 11.6. The third-order valence-corrected chi connectivity index (χ3v) is 5.22. The van der Waals surface area contributed by atoms with Crippen LogP contribution in [0.15, 0.2) is 35.2 Å². The minimum atomic E-state index is -0.339. The van der Waals surface area contributed by atoms with Crippen molar-refractivity contribution in [1.29, 1.82) is 0 Å². The maximum absolute atomic E-state index is 5.82. The maximum atomic E-state index is 5.82. The Balaban J connectivity index is 1.65. The molecular formula is C14H18O2S. The van der Waals surface area contributed by atoms with Crippen LogP contribution in [0, 0.1) is 5.41 Å². The lowest BCUT2D eigenvalue weighted by Crippen LogP contribution is -2.39. The molecule has 1 aromatic rings. The average Bonchev–Trinajstić information content (AvgIpc) is 3.05. The van der Waals surface area contributed by atoms with Crippen LogP contribution in [0.2, 0.25) is 0 Å². The van der Waals surface area contributed by atoms with Crippen LogP contribution in [-0.4, -0.2) is 24.8 Å². The Labute approximate surface area is 107 Å². The standard InChI is InChI=1S/C14H18O2S/c1-13(15-9-10-16-13)14(7-8-14)11-17-12-5-3-2-4-6-12/h2-6H,7-11H2,1H3. The number of thioether (sulfide) groups is 1. The normalized spacial score (nSPS) is 24.8. The third-order valence-electron chi connectivity index (χ3n) is 3.91.